The van der Waals surface area contributed by atoms with Gasteiger partial charge in [-0.2, -0.15) is 0 Å². The van der Waals surface area contributed by atoms with Crippen molar-refractivity contribution in [3.05, 3.63) is 12.2 Å². The van der Waals surface area contributed by atoms with Crippen LogP contribution in [0.25, 0.3) is 0 Å². The lowest BCUT2D eigenvalue weighted by Gasteiger charge is -1.93. The van der Waals surface area contributed by atoms with E-state index >= 15 is 0 Å². The summed E-state index contributed by atoms with van der Waals surface area (Å²) < 4.78 is 0. The van der Waals surface area contributed by atoms with E-state index in [1.807, 2.05) is 6.08 Å². The molecule has 0 aromatic rings. The maximum atomic E-state index is 5.33. The number of rotatable bonds is 6. The summed E-state index contributed by atoms with van der Waals surface area (Å²) in [5.41, 5.74) is 10.6. The van der Waals surface area contributed by atoms with Gasteiger partial charge in [0.15, 0.2) is 0 Å². The van der Waals surface area contributed by atoms with E-state index in [9.17, 15) is 0 Å². The summed E-state index contributed by atoms with van der Waals surface area (Å²) in [6, 6.07) is 0. The molecule has 0 aliphatic rings. The van der Waals surface area contributed by atoms with Crippen molar-refractivity contribution in [1.82, 2.24) is 0 Å². The van der Waals surface area contributed by atoms with Crippen LogP contribution in [0.15, 0.2) is 12.2 Å². The zero-order valence-corrected chi connectivity index (χ0v) is 6.55. The Bertz CT molecular complexity index is 79.3. The fourth-order valence-corrected chi connectivity index (χ4v) is 0.797. The van der Waals surface area contributed by atoms with Crippen LogP contribution in [0, 0.1) is 0 Å². The number of nitrogens with two attached hydrogens (primary N) is 2. The van der Waals surface area contributed by atoms with Crippen LogP contribution in [0.3, 0.4) is 0 Å². The molecule has 0 radical (unpaired) electrons. The quantitative estimate of drug-likeness (QED) is 0.430. The molecule has 60 valence electrons. The van der Waals surface area contributed by atoms with E-state index in [2.05, 4.69) is 6.08 Å². The monoisotopic (exact) mass is 142 g/mol. The second kappa shape index (κ2) is 8.66. The van der Waals surface area contributed by atoms with Crippen molar-refractivity contribution in [3.63, 3.8) is 0 Å². The molecule has 0 aliphatic heterocycles. The highest BCUT2D eigenvalue weighted by Crippen LogP contribution is 1.98. The van der Waals surface area contributed by atoms with Crippen molar-refractivity contribution in [2.75, 3.05) is 13.1 Å². The molecule has 2 heteroatoms. The van der Waals surface area contributed by atoms with Gasteiger partial charge in [0.05, 0.1) is 0 Å². The first-order valence-electron chi connectivity index (χ1n) is 3.97. The Hall–Kier alpha value is -0.340. The van der Waals surface area contributed by atoms with Gasteiger partial charge in [0.1, 0.15) is 0 Å². The lowest BCUT2D eigenvalue weighted by molar-refractivity contribution is 0.695. The molecule has 2 nitrogen and oxygen atoms in total. The van der Waals surface area contributed by atoms with E-state index < -0.39 is 0 Å². The van der Waals surface area contributed by atoms with E-state index in [-0.39, 0.29) is 0 Å². The van der Waals surface area contributed by atoms with E-state index in [1.165, 1.54) is 12.8 Å². The molecule has 0 heterocycles. The Kier molecular flexibility index (Phi) is 8.37. The van der Waals surface area contributed by atoms with Crippen molar-refractivity contribution < 1.29 is 0 Å². The SMILES string of the molecule is NCC=CCCCCCN. The summed E-state index contributed by atoms with van der Waals surface area (Å²) in [5, 5.41) is 0. The molecule has 10 heavy (non-hydrogen) atoms. The van der Waals surface area contributed by atoms with Gasteiger partial charge in [-0.15, -0.1) is 0 Å². The number of hydrogen-bond acceptors (Lipinski definition) is 2. The largest absolute Gasteiger partial charge is 0.330 e. The smallest absolute Gasteiger partial charge is 0.0106 e. The van der Waals surface area contributed by atoms with Crippen molar-refractivity contribution in [2.24, 2.45) is 11.5 Å². The lowest BCUT2D eigenvalue weighted by Crippen LogP contribution is -1.97. The Morgan fingerprint density at radius 3 is 2.30 bits per heavy atom. The highest BCUT2D eigenvalue weighted by Gasteiger charge is 1.82. The molecule has 0 atom stereocenters. The topological polar surface area (TPSA) is 52.0 Å². The molecule has 0 aromatic heterocycles. The predicted molar refractivity (Wildman–Crippen MR) is 45.7 cm³/mol. The Balaban J connectivity index is 2.83. The standard InChI is InChI=1S/C8H18N2/c9-7-5-3-1-2-4-6-8-10/h3,5H,1-2,4,6-10H2. The normalized spacial score (nSPS) is 11.0. The maximum Gasteiger partial charge on any atom is 0.0106 e. The van der Waals surface area contributed by atoms with Crippen LogP contribution in [0.4, 0.5) is 0 Å². The minimum absolute atomic E-state index is 0.664. The molecule has 0 saturated carbocycles. The van der Waals surface area contributed by atoms with Gasteiger partial charge in [-0.3, -0.25) is 0 Å². The predicted octanol–water partition coefficient (Wildman–Crippen LogP) is 1.02. The number of allylic oxidation sites excluding steroid dienone is 1. The summed E-state index contributed by atoms with van der Waals surface area (Å²) in [4.78, 5) is 0. The molecule has 0 spiro atoms. The Morgan fingerprint density at radius 1 is 0.900 bits per heavy atom. The summed E-state index contributed by atoms with van der Waals surface area (Å²) in [7, 11) is 0. The summed E-state index contributed by atoms with van der Waals surface area (Å²) in [5.74, 6) is 0. The zero-order valence-electron chi connectivity index (χ0n) is 6.55. The Labute approximate surface area is 63.3 Å². The van der Waals surface area contributed by atoms with Crippen molar-refractivity contribution >= 4 is 0 Å². The van der Waals surface area contributed by atoms with Crippen LogP contribution in [0.1, 0.15) is 25.7 Å². The highest BCUT2D eigenvalue weighted by molar-refractivity contribution is 4.81. The molecule has 0 bridgehead atoms. The molecular formula is C8H18N2. The van der Waals surface area contributed by atoms with E-state index in [1.54, 1.807) is 0 Å². The zero-order chi connectivity index (χ0) is 7.66. The average molecular weight is 142 g/mol. The molecular weight excluding hydrogens is 124 g/mol. The molecule has 0 rings (SSSR count). The third kappa shape index (κ3) is 7.66. The first-order valence-corrected chi connectivity index (χ1v) is 3.97. The van der Waals surface area contributed by atoms with Gasteiger partial charge in [-0.05, 0) is 25.8 Å². The highest BCUT2D eigenvalue weighted by atomic mass is 14.5. The van der Waals surface area contributed by atoms with Crippen molar-refractivity contribution in [3.8, 4) is 0 Å². The van der Waals surface area contributed by atoms with Crippen LogP contribution in [-0.2, 0) is 0 Å². The van der Waals surface area contributed by atoms with Gasteiger partial charge in [0, 0.05) is 6.54 Å². The molecule has 0 amide bonds. The van der Waals surface area contributed by atoms with Gasteiger partial charge in [0.25, 0.3) is 0 Å². The second-order valence-corrected chi connectivity index (χ2v) is 2.35. The first-order chi connectivity index (χ1) is 4.91. The summed E-state index contributed by atoms with van der Waals surface area (Å²) in [6.07, 6.45) is 8.92. The van der Waals surface area contributed by atoms with E-state index in [4.69, 9.17) is 11.5 Å². The van der Waals surface area contributed by atoms with E-state index in [0.717, 1.165) is 19.4 Å². The van der Waals surface area contributed by atoms with Crippen LogP contribution >= 0.6 is 0 Å². The molecule has 4 N–H and O–H groups in total. The lowest BCUT2D eigenvalue weighted by atomic mass is 10.2. The third-order valence-corrected chi connectivity index (χ3v) is 1.38. The van der Waals surface area contributed by atoms with Gasteiger partial charge in [-0.25, -0.2) is 0 Å². The van der Waals surface area contributed by atoms with Crippen LogP contribution < -0.4 is 11.5 Å². The summed E-state index contributed by atoms with van der Waals surface area (Å²) >= 11 is 0. The molecule has 0 saturated heterocycles. The van der Waals surface area contributed by atoms with Crippen LogP contribution in [0.2, 0.25) is 0 Å². The molecule has 0 unspecified atom stereocenters. The van der Waals surface area contributed by atoms with Gasteiger partial charge in [-0.1, -0.05) is 18.6 Å². The Morgan fingerprint density at radius 2 is 1.70 bits per heavy atom. The van der Waals surface area contributed by atoms with Crippen molar-refractivity contribution in [2.45, 2.75) is 25.7 Å². The van der Waals surface area contributed by atoms with Gasteiger partial charge < -0.3 is 11.5 Å². The molecule has 0 aromatic carbocycles. The van der Waals surface area contributed by atoms with Gasteiger partial charge in [0.2, 0.25) is 0 Å². The van der Waals surface area contributed by atoms with Crippen LogP contribution in [-0.4, -0.2) is 13.1 Å². The molecule has 0 aliphatic carbocycles. The van der Waals surface area contributed by atoms with Crippen molar-refractivity contribution in [1.29, 1.82) is 0 Å². The third-order valence-electron chi connectivity index (χ3n) is 1.38. The minimum atomic E-state index is 0.664. The van der Waals surface area contributed by atoms with Crippen LogP contribution in [0.5, 0.6) is 0 Å². The fourth-order valence-electron chi connectivity index (χ4n) is 0.797. The number of unbranched alkanes of at least 4 members (excludes halogenated alkanes) is 3. The minimum Gasteiger partial charge on any atom is -0.330 e. The number of hydrogen-bond donors (Lipinski definition) is 2. The maximum absolute atomic E-state index is 5.33. The molecule has 0 fully saturated rings. The van der Waals surface area contributed by atoms with E-state index in [0.29, 0.717) is 6.54 Å². The summed E-state index contributed by atoms with van der Waals surface area (Å²) in [6.45, 7) is 1.48. The second-order valence-electron chi connectivity index (χ2n) is 2.35. The first kappa shape index (κ1) is 9.66. The fraction of sp³-hybridized carbons (Fsp3) is 0.750. The average Bonchev–Trinajstić information content (AvgIpc) is 1.97. The van der Waals surface area contributed by atoms with Gasteiger partial charge >= 0.3 is 0 Å².